The van der Waals surface area contributed by atoms with Gasteiger partial charge in [-0.3, -0.25) is 0 Å². The van der Waals surface area contributed by atoms with Crippen LogP contribution in [0.25, 0.3) is 0 Å². The average molecular weight is 231 g/mol. The predicted molar refractivity (Wildman–Crippen MR) is 60.6 cm³/mol. The molecule has 0 aliphatic heterocycles. The van der Waals surface area contributed by atoms with Gasteiger partial charge in [-0.1, -0.05) is 31.0 Å². The van der Waals surface area contributed by atoms with Crippen LogP contribution in [0.3, 0.4) is 0 Å². The van der Waals surface area contributed by atoms with Crippen molar-refractivity contribution in [1.29, 1.82) is 0 Å². The molecule has 0 saturated carbocycles. The molecule has 0 aliphatic rings. The first-order chi connectivity index (χ1) is 7.04. The Morgan fingerprint density at radius 2 is 2.13 bits per heavy atom. The molecule has 2 atom stereocenters. The summed E-state index contributed by atoms with van der Waals surface area (Å²) in [4.78, 5) is 0. The summed E-state index contributed by atoms with van der Waals surface area (Å²) in [7, 11) is 0. The first kappa shape index (κ1) is 12.5. The summed E-state index contributed by atoms with van der Waals surface area (Å²) in [6.45, 7) is 3.73. The van der Waals surface area contributed by atoms with Gasteiger partial charge in [0.15, 0.2) is 0 Å². The molecule has 1 aromatic rings. The van der Waals surface area contributed by atoms with Crippen molar-refractivity contribution in [3.63, 3.8) is 0 Å². The molecule has 0 amide bonds. The lowest BCUT2D eigenvalue weighted by molar-refractivity contribution is 0.122. The molecule has 0 radical (unpaired) electrons. The quantitative estimate of drug-likeness (QED) is 0.840. The minimum atomic E-state index is -0.412. The Labute approximate surface area is 94.9 Å². The highest BCUT2D eigenvalue weighted by Gasteiger charge is 2.15. The second kappa shape index (κ2) is 5.47. The van der Waals surface area contributed by atoms with Crippen LogP contribution in [-0.2, 0) is 6.42 Å². The molecule has 1 N–H and O–H groups in total. The molecule has 0 aromatic heterocycles. The van der Waals surface area contributed by atoms with Crippen molar-refractivity contribution in [1.82, 2.24) is 0 Å². The maximum absolute atomic E-state index is 13.4. The van der Waals surface area contributed by atoms with Gasteiger partial charge in [-0.2, -0.15) is 0 Å². The van der Waals surface area contributed by atoms with E-state index in [0.717, 1.165) is 6.42 Å². The first-order valence-electron chi connectivity index (χ1n) is 5.16. The Bertz CT molecular complexity index is 325. The zero-order valence-corrected chi connectivity index (χ0v) is 9.76. The molecule has 84 valence electrons. The number of rotatable bonds is 4. The van der Waals surface area contributed by atoms with Crippen molar-refractivity contribution in [2.75, 3.05) is 0 Å². The summed E-state index contributed by atoms with van der Waals surface area (Å²) >= 11 is 5.66. The second-order valence-electron chi connectivity index (χ2n) is 3.85. The fourth-order valence-corrected chi connectivity index (χ4v) is 1.78. The van der Waals surface area contributed by atoms with Gasteiger partial charge in [0.05, 0.1) is 6.10 Å². The molecule has 1 nitrogen and oxygen atoms in total. The lowest BCUT2D eigenvalue weighted by Gasteiger charge is -2.18. The highest BCUT2D eigenvalue weighted by molar-refractivity contribution is 6.30. The van der Waals surface area contributed by atoms with Crippen LogP contribution in [0.2, 0.25) is 5.02 Å². The molecule has 0 fully saturated rings. The van der Waals surface area contributed by atoms with Gasteiger partial charge in [0, 0.05) is 5.02 Å². The van der Waals surface area contributed by atoms with E-state index >= 15 is 0 Å². The van der Waals surface area contributed by atoms with Crippen LogP contribution in [0.1, 0.15) is 25.8 Å². The minimum absolute atomic E-state index is 0.0978. The molecule has 0 spiro atoms. The summed E-state index contributed by atoms with van der Waals surface area (Å²) in [5.74, 6) is -0.192. The first-order valence-corrected chi connectivity index (χ1v) is 5.54. The van der Waals surface area contributed by atoms with Gasteiger partial charge in [-0.25, -0.2) is 4.39 Å². The highest BCUT2D eigenvalue weighted by atomic mass is 35.5. The van der Waals surface area contributed by atoms with Gasteiger partial charge in [-0.05, 0) is 37.0 Å². The van der Waals surface area contributed by atoms with E-state index in [-0.39, 0.29) is 11.7 Å². The third kappa shape index (κ3) is 3.47. The molecule has 3 heteroatoms. The number of hydrogen-bond acceptors (Lipinski definition) is 1. The van der Waals surface area contributed by atoms with E-state index in [4.69, 9.17) is 11.6 Å². The van der Waals surface area contributed by atoms with Crippen LogP contribution < -0.4 is 0 Å². The summed E-state index contributed by atoms with van der Waals surface area (Å²) in [5.41, 5.74) is 0.618. The smallest absolute Gasteiger partial charge is 0.127 e. The molecule has 0 bridgehead atoms. The van der Waals surface area contributed by atoms with Gasteiger partial charge in [0.25, 0.3) is 0 Å². The third-order valence-electron chi connectivity index (χ3n) is 2.70. The molecular weight excluding hydrogens is 215 g/mol. The van der Waals surface area contributed by atoms with Crippen molar-refractivity contribution >= 4 is 11.6 Å². The molecule has 2 unspecified atom stereocenters. The van der Waals surface area contributed by atoms with Gasteiger partial charge < -0.3 is 5.11 Å². The number of aliphatic hydroxyl groups is 1. The van der Waals surface area contributed by atoms with E-state index in [0.29, 0.717) is 17.0 Å². The van der Waals surface area contributed by atoms with E-state index in [1.54, 1.807) is 19.1 Å². The van der Waals surface area contributed by atoms with Crippen LogP contribution in [0, 0.1) is 11.7 Å². The molecule has 1 rings (SSSR count). The summed E-state index contributed by atoms with van der Waals surface area (Å²) < 4.78 is 13.4. The van der Waals surface area contributed by atoms with Crippen molar-refractivity contribution in [3.8, 4) is 0 Å². The molecule has 1 aromatic carbocycles. The average Bonchev–Trinajstić information content (AvgIpc) is 2.16. The second-order valence-corrected chi connectivity index (χ2v) is 4.29. The Morgan fingerprint density at radius 1 is 1.47 bits per heavy atom. The predicted octanol–water partition coefficient (Wildman–Crippen LogP) is 3.43. The van der Waals surface area contributed by atoms with Gasteiger partial charge in [0.2, 0.25) is 0 Å². The van der Waals surface area contributed by atoms with Crippen LogP contribution >= 0.6 is 11.6 Å². The zero-order valence-electron chi connectivity index (χ0n) is 9.00. The Kier molecular flexibility index (Phi) is 4.55. The van der Waals surface area contributed by atoms with Gasteiger partial charge >= 0.3 is 0 Å². The maximum Gasteiger partial charge on any atom is 0.127 e. The number of hydrogen-bond donors (Lipinski definition) is 1. The van der Waals surface area contributed by atoms with Crippen LogP contribution in [-0.4, -0.2) is 11.2 Å². The molecule has 15 heavy (non-hydrogen) atoms. The fourth-order valence-electron chi connectivity index (χ4n) is 1.63. The van der Waals surface area contributed by atoms with Crippen molar-refractivity contribution in [2.24, 2.45) is 5.92 Å². The SMILES string of the molecule is CCC(Cc1ccc(Cl)cc1F)C(C)O. The van der Waals surface area contributed by atoms with Crippen molar-refractivity contribution in [2.45, 2.75) is 32.8 Å². The highest BCUT2D eigenvalue weighted by Crippen LogP contribution is 2.20. The van der Waals surface area contributed by atoms with E-state index in [2.05, 4.69) is 0 Å². The summed E-state index contributed by atoms with van der Waals surface area (Å²) in [6, 6.07) is 4.67. The van der Waals surface area contributed by atoms with Crippen LogP contribution in [0.15, 0.2) is 18.2 Å². The van der Waals surface area contributed by atoms with E-state index in [1.165, 1.54) is 6.07 Å². The number of halogens is 2. The largest absolute Gasteiger partial charge is 0.393 e. The topological polar surface area (TPSA) is 20.2 Å². The summed E-state index contributed by atoms with van der Waals surface area (Å²) in [5, 5.41) is 9.87. The monoisotopic (exact) mass is 230 g/mol. The van der Waals surface area contributed by atoms with Crippen molar-refractivity contribution < 1.29 is 9.50 Å². The van der Waals surface area contributed by atoms with E-state index in [9.17, 15) is 9.50 Å². The van der Waals surface area contributed by atoms with Crippen LogP contribution in [0.4, 0.5) is 4.39 Å². The lowest BCUT2D eigenvalue weighted by atomic mass is 9.92. The molecule has 0 saturated heterocycles. The zero-order chi connectivity index (χ0) is 11.4. The Balaban J connectivity index is 2.79. The lowest BCUT2D eigenvalue weighted by Crippen LogP contribution is -2.18. The van der Waals surface area contributed by atoms with Crippen LogP contribution in [0.5, 0.6) is 0 Å². The fraction of sp³-hybridized carbons (Fsp3) is 0.500. The Hall–Kier alpha value is -0.600. The summed E-state index contributed by atoms with van der Waals surface area (Å²) in [6.07, 6.45) is 0.974. The third-order valence-corrected chi connectivity index (χ3v) is 2.94. The standard InChI is InChI=1S/C12H16ClFO/c1-3-9(8(2)15)6-10-4-5-11(13)7-12(10)14/h4-5,7-9,15H,3,6H2,1-2H3. The Morgan fingerprint density at radius 3 is 2.60 bits per heavy atom. The number of aliphatic hydroxyl groups excluding tert-OH is 1. The molecule has 0 heterocycles. The minimum Gasteiger partial charge on any atom is -0.393 e. The van der Waals surface area contributed by atoms with E-state index < -0.39 is 6.10 Å². The van der Waals surface area contributed by atoms with Gasteiger partial charge in [-0.15, -0.1) is 0 Å². The molecular formula is C12H16ClFO. The molecule has 0 aliphatic carbocycles. The van der Waals surface area contributed by atoms with Gasteiger partial charge in [0.1, 0.15) is 5.82 Å². The normalized spacial score (nSPS) is 15.0. The maximum atomic E-state index is 13.4. The van der Waals surface area contributed by atoms with E-state index in [1.807, 2.05) is 6.92 Å². The van der Waals surface area contributed by atoms with Crippen molar-refractivity contribution in [3.05, 3.63) is 34.6 Å². The number of benzene rings is 1.